The van der Waals surface area contributed by atoms with Crippen LogP contribution >= 0.6 is 0 Å². The van der Waals surface area contributed by atoms with Crippen LogP contribution in [-0.2, 0) is 6.61 Å². The molecule has 1 aliphatic rings. The normalized spacial score (nSPS) is 15.1. The molecule has 0 bridgehead atoms. The van der Waals surface area contributed by atoms with Crippen LogP contribution in [0.4, 0.5) is 5.69 Å². The van der Waals surface area contributed by atoms with E-state index in [4.69, 9.17) is 4.74 Å². The molecule has 0 amide bonds. The Kier molecular flexibility index (Phi) is 4.13. The van der Waals surface area contributed by atoms with Crippen molar-refractivity contribution in [2.24, 2.45) is 0 Å². The lowest BCUT2D eigenvalue weighted by atomic mass is 10.2. The fourth-order valence-corrected chi connectivity index (χ4v) is 2.40. The second kappa shape index (κ2) is 6.39. The van der Waals surface area contributed by atoms with Gasteiger partial charge in [-0.1, -0.05) is 18.2 Å². The molecular formula is C16H19N3O. The van der Waals surface area contributed by atoms with Gasteiger partial charge in [0.2, 0.25) is 0 Å². The van der Waals surface area contributed by atoms with Crippen LogP contribution in [0.1, 0.15) is 5.69 Å². The zero-order valence-electron chi connectivity index (χ0n) is 11.5. The van der Waals surface area contributed by atoms with Crippen molar-refractivity contribution in [2.75, 3.05) is 31.1 Å². The van der Waals surface area contributed by atoms with Gasteiger partial charge in [0, 0.05) is 32.4 Å². The van der Waals surface area contributed by atoms with Gasteiger partial charge in [0.25, 0.3) is 0 Å². The number of benzene rings is 1. The first-order valence-corrected chi connectivity index (χ1v) is 7.01. The van der Waals surface area contributed by atoms with Crippen LogP contribution in [0.5, 0.6) is 5.75 Å². The molecule has 3 rings (SSSR count). The molecule has 0 radical (unpaired) electrons. The molecule has 1 aromatic carbocycles. The van der Waals surface area contributed by atoms with E-state index < -0.39 is 0 Å². The highest BCUT2D eigenvalue weighted by molar-refractivity contribution is 5.50. The molecule has 1 aliphatic heterocycles. The topological polar surface area (TPSA) is 37.4 Å². The number of ether oxygens (including phenoxy) is 1. The summed E-state index contributed by atoms with van der Waals surface area (Å²) in [4.78, 5) is 6.85. The Balaban J connectivity index is 1.72. The maximum Gasteiger partial charge on any atom is 0.132 e. The number of anilines is 1. The van der Waals surface area contributed by atoms with Crippen molar-refractivity contribution in [3.63, 3.8) is 0 Å². The molecule has 0 saturated carbocycles. The maximum absolute atomic E-state index is 5.82. The highest BCUT2D eigenvalue weighted by Crippen LogP contribution is 2.20. The third-order valence-electron chi connectivity index (χ3n) is 3.44. The molecule has 1 saturated heterocycles. The first-order chi connectivity index (χ1) is 9.93. The van der Waals surface area contributed by atoms with E-state index in [9.17, 15) is 0 Å². The largest absolute Gasteiger partial charge is 0.487 e. The molecule has 2 aromatic rings. The third-order valence-corrected chi connectivity index (χ3v) is 3.44. The van der Waals surface area contributed by atoms with E-state index in [1.807, 2.05) is 42.6 Å². The second-order valence-corrected chi connectivity index (χ2v) is 4.81. The number of hydrogen-bond acceptors (Lipinski definition) is 4. The van der Waals surface area contributed by atoms with Gasteiger partial charge in [-0.3, -0.25) is 4.98 Å². The van der Waals surface area contributed by atoms with Crippen LogP contribution < -0.4 is 15.0 Å². The van der Waals surface area contributed by atoms with E-state index in [0.29, 0.717) is 6.61 Å². The number of hydrogen-bond donors (Lipinski definition) is 1. The van der Waals surface area contributed by atoms with Crippen molar-refractivity contribution in [3.8, 4) is 5.75 Å². The Labute approximate surface area is 119 Å². The average Bonchev–Trinajstić information content (AvgIpc) is 2.55. The van der Waals surface area contributed by atoms with E-state index >= 15 is 0 Å². The predicted molar refractivity (Wildman–Crippen MR) is 80.1 cm³/mol. The lowest BCUT2D eigenvalue weighted by molar-refractivity contribution is 0.301. The Morgan fingerprint density at radius 3 is 2.65 bits per heavy atom. The lowest BCUT2D eigenvalue weighted by Crippen LogP contribution is -2.44. The molecule has 0 unspecified atom stereocenters. The van der Waals surface area contributed by atoms with Crippen LogP contribution in [-0.4, -0.2) is 31.2 Å². The molecule has 1 N–H and O–H groups in total. The van der Waals surface area contributed by atoms with Crippen LogP contribution in [0.2, 0.25) is 0 Å². The van der Waals surface area contributed by atoms with E-state index in [2.05, 4.69) is 21.3 Å². The van der Waals surface area contributed by atoms with Crippen LogP contribution in [0.15, 0.2) is 48.7 Å². The first-order valence-electron chi connectivity index (χ1n) is 7.01. The van der Waals surface area contributed by atoms with Crippen molar-refractivity contribution >= 4 is 5.69 Å². The maximum atomic E-state index is 5.82. The van der Waals surface area contributed by atoms with E-state index in [0.717, 1.165) is 37.6 Å². The standard InChI is InChI=1S/C16H19N3O/c1-2-5-14(6-3-1)20-13-15-16(7-4-8-18-15)19-11-9-17-10-12-19/h1-8,17H,9-13H2. The highest BCUT2D eigenvalue weighted by atomic mass is 16.5. The number of aromatic nitrogens is 1. The highest BCUT2D eigenvalue weighted by Gasteiger charge is 2.14. The molecular weight excluding hydrogens is 250 g/mol. The van der Waals surface area contributed by atoms with Crippen LogP contribution in [0.25, 0.3) is 0 Å². The Hall–Kier alpha value is -2.07. The zero-order chi connectivity index (χ0) is 13.6. The number of nitrogens with zero attached hydrogens (tertiary/aromatic N) is 2. The van der Waals surface area contributed by atoms with E-state index in [-0.39, 0.29) is 0 Å². The van der Waals surface area contributed by atoms with Crippen LogP contribution in [0, 0.1) is 0 Å². The summed E-state index contributed by atoms with van der Waals surface area (Å²) >= 11 is 0. The fraction of sp³-hybridized carbons (Fsp3) is 0.312. The van der Waals surface area contributed by atoms with Gasteiger partial charge in [-0.25, -0.2) is 0 Å². The number of rotatable bonds is 4. The molecule has 1 aromatic heterocycles. The summed E-state index contributed by atoms with van der Waals surface area (Å²) in [5, 5.41) is 3.37. The smallest absolute Gasteiger partial charge is 0.132 e. The van der Waals surface area contributed by atoms with Gasteiger partial charge < -0.3 is 15.0 Å². The Bertz CT molecular complexity index is 538. The Morgan fingerprint density at radius 1 is 1.05 bits per heavy atom. The quantitative estimate of drug-likeness (QED) is 0.922. The van der Waals surface area contributed by atoms with Gasteiger partial charge in [0.05, 0.1) is 5.69 Å². The fourth-order valence-electron chi connectivity index (χ4n) is 2.40. The number of nitrogens with one attached hydrogen (secondary N) is 1. The molecule has 4 nitrogen and oxygen atoms in total. The average molecular weight is 269 g/mol. The second-order valence-electron chi connectivity index (χ2n) is 4.81. The first kappa shape index (κ1) is 12.9. The molecule has 4 heteroatoms. The molecule has 2 heterocycles. The molecule has 0 spiro atoms. The summed E-state index contributed by atoms with van der Waals surface area (Å²) in [6, 6.07) is 14.0. The molecule has 20 heavy (non-hydrogen) atoms. The Morgan fingerprint density at radius 2 is 1.85 bits per heavy atom. The summed E-state index contributed by atoms with van der Waals surface area (Å²) in [5.74, 6) is 0.879. The molecule has 1 fully saturated rings. The minimum absolute atomic E-state index is 0.504. The monoisotopic (exact) mass is 269 g/mol. The number of piperazine rings is 1. The van der Waals surface area contributed by atoms with Crippen molar-refractivity contribution in [1.82, 2.24) is 10.3 Å². The SMILES string of the molecule is c1ccc(OCc2ncccc2N2CCNCC2)cc1. The van der Waals surface area contributed by atoms with Gasteiger partial charge in [-0.2, -0.15) is 0 Å². The summed E-state index contributed by atoms with van der Waals surface area (Å²) in [6.07, 6.45) is 1.83. The predicted octanol–water partition coefficient (Wildman–Crippen LogP) is 2.07. The minimum Gasteiger partial charge on any atom is -0.487 e. The number of pyridine rings is 1. The van der Waals surface area contributed by atoms with Crippen molar-refractivity contribution in [1.29, 1.82) is 0 Å². The van der Waals surface area contributed by atoms with Gasteiger partial charge in [0.15, 0.2) is 0 Å². The number of para-hydroxylation sites is 1. The molecule has 0 atom stereocenters. The summed E-state index contributed by atoms with van der Waals surface area (Å²) < 4.78 is 5.82. The third kappa shape index (κ3) is 3.08. The van der Waals surface area contributed by atoms with E-state index in [1.54, 1.807) is 0 Å². The summed E-state index contributed by atoms with van der Waals surface area (Å²) in [7, 11) is 0. The van der Waals surface area contributed by atoms with Crippen molar-refractivity contribution in [3.05, 3.63) is 54.4 Å². The lowest BCUT2D eigenvalue weighted by Gasteiger charge is -2.30. The van der Waals surface area contributed by atoms with Crippen molar-refractivity contribution < 1.29 is 4.74 Å². The summed E-state index contributed by atoms with van der Waals surface area (Å²) in [5.41, 5.74) is 2.18. The summed E-state index contributed by atoms with van der Waals surface area (Å²) in [6.45, 7) is 4.58. The molecule has 0 aliphatic carbocycles. The van der Waals surface area contributed by atoms with Gasteiger partial charge in [0.1, 0.15) is 18.1 Å². The van der Waals surface area contributed by atoms with Crippen molar-refractivity contribution in [2.45, 2.75) is 6.61 Å². The van der Waals surface area contributed by atoms with Gasteiger partial charge in [-0.15, -0.1) is 0 Å². The van der Waals surface area contributed by atoms with Gasteiger partial charge >= 0.3 is 0 Å². The van der Waals surface area contributed by atoms with E-state index in [1.165, 1.54) is 5.69 Å². The molecule has 104 valence electrons. The minimum atomic E-state index is 0.504. The zero-order valence-corrected chi connectivity index (χ0v) is 11.5. The van der Waals surface area contributed by atoms with Crippen LogP contribution in [0.3, 0.4) is 0 Å². The van der Waals surface area contributed by atoms with Gasteiger partial charge in [-0.05, 0) is 24.3 Å².